The molecular formula is C9H11NO4. The minimum absolute atomic E-state index is 0.163. The normalized spacial score (nSPS) is 9.86. The zero-order chi connectivity index (χ0) is 10.6. The minimum atomic E-state index is -0.543. The van der Waals surface area contributed by atoms with E-state index in [2.05, 4.69) is 9.72 Å². The predicted octanol–water partition coefficient (Wildman–Crippen LogP) is 1.12. The van der Waals surface area contributed by atoms with E-state index in [1.165, 1.54) is 6.26 Å². The molecule has 0 aliphatic heterocycles. The van der Waals surface area contributed by atoms with Crippen LogP contribution in [0.2, 0.25) is 0 Å². The molecule has 76 valence electrons. The maximum absolute atomic E-state index is 11.3. The van der Waals surface area contributed by atoms with E-state index < -0.39 is 5.97 Å². The third kappa shape index (κ3) is 2.69. The van der Waals surface area contributed by atoms with Crippen LogP contribution in [0.3, 0.4) is 0 Å². The van der Waals surface area contributed by atoms with Crippen molar-refractivity contribution in [3.05, 3.63) is 17.8 Å². The van der Waals surface area contributed by atoms with Crippen LogP contribution in [0.4, 0.5) is 0 Å². The fourth-order valence-corrected chi connectivity index (χ4v) is 0.925. The van der Waals surface area contributed by atoms with Gasteiger partial charge in [0.1, 0.15) is 18.4 Å². The molecule has 0 radical (unpaired) electrons. The Morgan fingerprint density at radius 3 is 2.79 bits per heavy atom. The van der Waals surface area contributed by atoms with Crippen molar-refractivity contribution in [3.8, 4) is 0 Å². The molecule has 0 saturated heterocycles. The number of ketones is 1. The topological polar surface area (TPSA) is 69.4 Å². The quantitative estimate of drug-likeness (QED) is 0.411. The Bertz CT molecular complexity index is 342. The van der Waals surface area contributed by atoms with Crippen molar-refractivity contribution in [2.75, 3.05) is 6.61 Å². The number of oxazole rings is 1. The molecule has 1 rings (SSSR count). The van der Waals surface area contributed by atoms with E-state index in [-0.39, 0.29) is 24.5 Å². The van der Waals surface area contributed by atoms with Crippen LogP contribution in [-0.2, 0) is 9.53 Å². The molecule has 0 fully saturated rings. The van der Waals surface area contributed by atoms with Crippen LogP contribution in [0.1, 0.15) is 29.7 Å². The van der Waals surface area contributed by atoms with Crippen LogP contribution in [-0.4, -0.2) is 23.3 Å². The van der Waals surface area contributed by atoms with Gasteiger partial charge in [-0.3, -0.25) is 9.59 Å². The lowest BCUT2D eigenvalue weighted by molar-refractivity contribution is -0.141. The van der Waals surface area contributed by atoms with Gasteiger partial charge in [0.15, 0.2) is 11.7 Å². The van der Waals surface area contributed by atoms with Crippen LogP contribution in [0, 0.1) is 6.92 Å². The zero-order valence-electron chi connectivity index (χ0n) is 8.07. The molecule has 14 heavy (non-hydrogen) atoms. The number of nitrogens with zero attached hydrogens (tertiary/aromatic N) is 1. The highest BCUT2D eigenvalue weighted by Crippen LogP contribution is 2.04. The van der Waals surface area contributed by atoms with Gasteiger partial charge in [-0.25, -0.2) is 4.98 Å². The molecule has 0 N–H and O–H groups in total. The average Bonchev–Trinajstić information content (AvgIpc) is 2.52. The summed E-state index contributed by atoms with van der Waals surface area (Å²) in [5, 5.41) is 0. The van der Waals surface area contributed by atoms with E-state index in [1.807, 2.05) is 0 Å². The monoisotopic (exact) mass is 197 g/mol. The van der Waals surface area contributed by atoms with Gasteiger partial charge in [-0.15, -0.1) is 0 Å². The van der Waals surface area contributed by atoms with Gasteiger partial charge in [-0.2, -0.15) is 0 Å². The van der Waals surface area contributed by atoms with E-state index in [0.29, 0.717) is 5.89 Å². The summed E-state index contributed by atoms with van der Waals surface area (Å²) in [4.78, 5) is 26.1. The highest BCUT2D eigenvalue weighted by Gasteiger charge is 2.15. The molecule has 1 aromatic rings. The number of hydrogen-bond acceptors (Lipinski definition) is 5. The number of carbonyl (C=O) groups excluding carboxylic acids is 2. The molecule has 0 amide bonds. The maximum atomic E-state index is 11.3. The molecule has 0 spiro atoms. The van der Waals surface area contributed by atoms with E-state index in [0.717, 1.165) is 0 Å². The Hall–Kier alpha value is -1.65. The number of hydrogen-bond donors (Lipinski definition) is 0. The second-order valence-electron chi connectivity index (χ2n) is 2.66. The average molecular weight is 197 g/mol. The Kier molecular flexibility index (Phi) is 3.39. The van der Waals surface area contributed by atoms with Crippen molar-refractivity contribution in [2.45, 2.75) is 20.3 Å². The molecule has 0 atom stereocenters. The van der Waals surface area contributed by atoms with E-state index >= 15 is 0 Å². The smallest absolute Gasteiger partial charge is 0.313 e. The lowest BCUT2D eigenvalue weighted by Crippen LogP contribution is -2.11. The van der Waals surface area contributed by atoms with Crippen LogP contribution in [0.15, 0.2) is 10.7 Å². The molecule has 0 unspecified atom stereocenters. The Morgan fingerprint density at radius 2 is 2.29 bits per heavy atom. The number of carbonyl (C=O) groups is 2. The van der Waals surface area contributed by atoms with Crippen LogP contribution >= 0.6 is 0 Å². The summed E-state index contributed by atoms with van der Waals surface area (Å²) >= 11 is 0. The van der Waals surface area contributed by atoms with Crippen molar-refractivity contribution in [1.82, 2.24) is 4.98 Å². The van der Waals surface area contributed by atoms with Crippen LogP contribution in [0.25, 0.3) is 0 Å². The van der Waals surface area contributed by atoms with Crippen molar-refractivity contribution >= 4 is 11.8 Å². The first-order valence-corrected chi connectivity index (χ1v) is 4.24. The van der Waals surface area contributed by atoms with Gasteiger partial charge in [0.25, 0.3) is 0 Å². The predicted molar refractivity (Wildman–Crippen MR) is 46.8 cm³/mol. The van der Waals surface area contributed by atoms with E-state index in [9.17, 15) is 9.59 Å². The highest BCUT2D eigenvalue weighted by molar-refractivity contribution is 6.04. The van der Waals surface area contributed by atoms with Gasteiger partial charge in [0.05, 0.1) is 6.61 Å². The maximum Gasteiger partial charge on any atom is 0.313 e. The summed E-state index contributed by atoms with van der Waals surface area (Å²) in [6.07, 6.45) is 0.941. The van der Waals surface area contributed by atoms with Gasteiger partial charge in [0.2, 0.25) is 0 Å². The van der Waals surface area contributed by atoms with Gasteiger partial charge < -0.3 is 9.15 Å². The first-order chi connectivity index (χ1) is 6.63. The van der Waals surface area contributed by atoms with Crippen molar-refractivity contribution in [1.29, 1.82) is 0 Å². The third-order valence-corrected chi connectivity index (χ3v) is 1.51. The fourth-order valence-electron chi connectivity index (χ4n) is 0.925. The van der Waals surface area contributed by atoms with Crippen LogP contribution < -0.4 is 0 Å². The number of ether oxygens (including phenoxy) is 1. The summed E-state index contributed by atoms with van der Waals surface area (Å²) in [6.45, 7) is 3.58. The first-order valence-electron chi connectivity index (χ1n) is 4.24. The number of aryl methyl sites for hydroxylation is 1. The largest absolute Gasteiger partial charge is 0.466 e. The molecule has 0 aliphatic rings. The summed E-state index contributed by atoms with van der Waals surface area (Å²) in [6, 6.07) is 0. The Balaban J connectivity index is 2.55. The molecule has 0 saturated carbocycles. The standard InChI is InChI=1S/C9H11NO4/c1-3-13-9(12)4-8(11)7-5-14-6(2)10-7/h5H,3-4H2,1-2H3. The van der Waals surface area contributed by atoms with Crippen molar-refractivity contribution in [2.24, 2.45) is 0 Å². The van der Waals surface area contributed by atoms with Crippen LogP contribution in [0.5, 0.6) is 0 Å². The first kappa shape index (κ1) is 10.4. The molecule has 0 aromatic carbocycles. The summed E-state index contributed by atoms with van der Waals surface area (Å²) in [5.74, 6) is -0.532. The number of rotatable bonds is 4. The molecular weight excluding hydrogens is 186 g/mol. The molecule has 0 aliphatic carbocycles. The van der Waals surface area contributed by atoms with Gasteiger partial charge in [-0.1, -0.05) is 0 Å². The summed E-state index contributed by atoms with van der Waals surface area (Å²) in [5.41, 5.74) is 0.163. The molecule has 1 aromatic heterocycles. The number of esters is 1. The lowest BCUT2D eigenvalue weighted by atomic mass is 10.2. The van der Waals surface area contributed by atoms with Gasteiger partial charge in [0, 0.05) is 6.92 Å². The van der Waals surface area contributed by atoms with Crippen molar-refractivity contribution in [3.63, 3.8) is 0 Å². The summed E-state index contributed by atoms with van der Waals surface area (Å²) in [7, 11) is 0. The minimum Gasteiger partial charge on any atom is -0.466 e. The van der Waals surface area contributed by atoms with E-state index in [4.69, 9.17) is 4.42 Å². The molecule has 0 bridgehead atoms. The zero-order valence-corrected chi connectivity index (χ0v) is 8.07. The Labute approximate surface area is 81.1 Å². The highest BCUT2D eigenvalue weighted by atomic mass is 16.5. The number of Topliss-reactive ketones (excluding diaryl/α,β-unsaturated/α-hetero) is 1. The van der Waals surface area contributed by atoms with Gasteiger partial charge >= 0.3 is 5.97 Å². The third-order valence-electron chi connectivity index (χ3n) is 1.51. The summed E-state index contributed by atoms with van der Waals surface area (Å²) < 4.78 is 9.47. The SMILES string of the molecule is CCOC(=O)CC(=O)c1coc(C)n1. The molecule has 5 heteroatoms. The lowest BCUT2D eigenvalue weighted by Gasteiger charge is -1.97. The Morgan fingerprint density at radius 1 is 1.57 bits per heavy atom. The van der Waals surface area contributed by atoms with Gasteiger partial charge in [-0.05, 0) is 6.92 Å². The fraction of sp³-hybridized carbons (Fsp3) is 0.444. The second kappa shape index (κ2) is 4.55. The van der Waals surface area contributed by atoms with Crippen molar-refractivity contribution < 1.29 is 18.7 Å². The second-order valence-corrected chi connectivity index (χ2v) is 2.66. The van der Waals surface area contributed by atoms with E-state index in [1.54, 1.807) is 13.8 Å². The number of aromatic nitrogens is 1. The molecule has 1 heterocycles. The molecule has 5 nitrogen and oxygen atoms in total.